The fraction of sp³-hybridized carbons (Fsp3) is 0.429. The van der Waals surface area contributed by atoms with Crippen molar-refractivity contribution in [2.45, 2.75) is 75.7 Å². The summed E-state index contributed by atoms with van der Waals surface area (Å²) in [5.41, 5.74) is 11.5. The molecular weight excluding hydrogens is 724 g/mol. The first-order valence-corrected chi connectivity index (χ1v) is 19.3. The Labute approximate surface area is 326 Å². The third-order valence-corrected chi connectivity index (χ3v) is 11.9. The highest BCUT2D eigenvalue weighted by molar-refractivity contribution is 6.34. The van der Waals surface area contributed by atoms with Crippen molar-refractivity contribution < 1.29 is 23.2 Å². The van der Waals surface area contributed by atoms with E-state index in [0.29, 0.717) is 72.9 Å². The maximum absolute atomic E-state index is 15.0. The molecule has 0 saturated carbocycles. The van der Waals surface area contributed by atoms with Gasteiger partial charge in [-0.3, -0.25) is 19.6 Å². The van der Waals surface area contributed by atoms with E-state index < -0.39 is 17.6 Å². The smallest absolute Gasteiger partial charge is 0.153 e. The van der Waals surface area contributed by atoms with Crippen LogP contribution in [0.15, 0.2) is 65.4 Å². The van der Waals surface area contributed by atoms with Gasteiger partial charge in [0.25, 0.3) is 0 Å². The lowest BCUT2D eigenvalue weighted by molar-refractivity contribution is -0.110. The molecule has 1 atom stereocenters. The number of hydrogen-bond acceptors (Lipinski definition) is 9. The number of nitrogens with zero attached hydrogens (tertiary/aromatic N) is 5. The van der Waals surface area contributed by atoms with Crippen LogP contribution in [0.3, 0.4) is 0 Å². The second-order valence-electron chi connectivity index (χ2n) is 15.3. The first-order valence-electron chi connectivity index (χ1n) is 18.9. The van der Waals surface area contributed by atoms with Crippen LogP contribution < -0.4 is 21.4 Å². The average Bonchev–Trinajstić information content (AvgIpc) is 3.40. The molecule has 0 aromatic heterocycles. The second-order valence-corrected chi connectivity index (χ2v) is 15.7. The van der Waals surface area contributed by atoms with Crippen LogP contribution in [0.5, 0.6) is 0 Å². The molecule has 0 bridgehead atoms. The fourth-order valence-electron chi connectivity index (χ4n) is 8.57. The molecule has 10 nitrogen and oxygen atoms in total. The summed E-state index contributed by atoms with van der Waals surface area (Å²) in [6, 6.07) is 14.7. The molecule has 292 valence electrons. The van der Waals surface area contributed by atoms with Gasteiger partial charge in [0.05, 0.1) is 22.0 Å². The predicted octanol–water partition coefficient (Wildman–Crippen LogP) is 6.97. The number of piperidine rings is 2. The van der Waals surface area contributed by atoms with Gasteiger partial charge < -0.3 is 25.2 Å². The molecule has 4 N–H and O–H groups in total. The third-order valence-electron chi connectivity index (χ3n) is 11.5. The Balaban J connectivity index is 1.05. The molecule has 3 aromatic carbocycles. The molecule has 0 spiro atoms. The number of nitrogens with two attached hydrogens (primary N) is 2. The minimum Gasteiger partial charge on any atom is -0.400 e. The van der Waals surface area contributed by atoms with Crippen LogP contribution >= 0.6 is 11.6 Å². The van der Waals surface area contributed by atoms with E-state index in [2.05, 4.69) is 46.8 Å². The van der Waals surface area contributed by atoms with Crippen LogP contribution in [0, 0.1) is 11.6 Å². The lowest BCUT2D eigenvalue weighted by Crippen LogP contribution is -2.46. The first-order chi connectivity index (χ1) is 26.4. The fourth-order valence-corrected chi connectivity index (χ4v) is 8.78. The summed E-state index contributed by atoms with van der Waals surface area (Å²) in [5.74, 6) is 5.11. The number of likely N-dealkylation sites (tertiary alicyclic amines) is 1. The highest BCUT2D eigenvalue weighted by Gasteiger charge is 2.43. The molecule has 0 amide bonds. The van der Waals surface area contributed by atoms with E-state index in [0.717, 1.165) is 55.0 Å². The quantitative estimate of drug-likeness (QED) is 0.108. The van der Waals surface area contributed by atoms with Gasteiger partial charge in [0, 0.05) is 73.6 Å². The molecule has 0 radical (unpaired) electrons. The van der Waals surface area contributed by atoms with Gasteiger partial charge in [-0.25, -0.2) is 14.6 Å². The van der Waals surface area contributed by atoms with E-state index in [9.17, 15) is 23.2 Å². The number of amidine groups is 1. The number of carbonyl (C=O) groups excluding carboxylic acids is 3. The predicted molar refractivity (Wildman–Crippen MR) is 214 cm³/mol. The van der Waals surface area contributed by atoms with Gasteiger partial charge in [0.1, 0.15) is 30.0 Å². The molecular formula is C42H50ClF2N7O3. The molecule has 3 heterocycles. The van der Waals surface area contributed by atoms with E-state index in [1.165, 1.54) is 17.7 Å². The number of fused-ring (bicyclic) bond motifs is 1. The molecule has 0 aliphatic carbocycles. The van der Waals surface area contributed by atoms with Gasteiger partial charge >= 0.3 is 0 Å². The van der Waals surface area contributed by atoms with E-state index in [4.69, 9.17) is 23.2 Å². The normalized spacial score (nSPS) is 19.4. The van der Waals surface area contributed by atoms with E-state index >= 15 is 0 Å². The molecule has 1 unspecified atom stereocenters. The Morgan fingerprint density at radius 3 is 2.31 bits per heavy atom. The molecule has 3 aliphatic rings. The standard InChI is InChI=1S/C42H50ClF2N7O3/c1-42(2)34-10-9-28(20-39(34)52(41(42)48-3)38-8-4-7-35(43)33(38)26-55)27-11-15-49(16-12-27)23-30(46)24-51(47)31-13-17-50(18-14-31)32-21-36(44)40(37(45)22-32)29(25-54)6-5-19-53/h4,7-10,19-22,24-27,29,31H,5-6,11-18,23,46-47H2,1-3H3/b30-24-,48-41?. The van der Waals surface area contributed by atoms with E-state index in [1.54, 1.807) is 24.3 Å². The van der Waals surface area contributed by atoms with Gasteiger partial charge in [0.15, 0.2) is 6.29 Å². The molecule has 3 aliphatic heterocycles. The summed E-state index contributed by atoms with van der Waals surface area (Å²) < 4.78 is 30.0. The van der Waals surface area contributed by atoms with Crippen molar-refractivity contribution in [1.82, 2.24) is 9.91 Å². The summed E-state index contributed by atoms with van der Waals surface area (Å²) in [5, 5.41) is 2.07. The van der Waals surface area contributed by atoms with Crippen molar-refractivity contribution in [2.75, 3.05) is 49.6 Å². The van der Waals surface area contributed by atoms with Crippen LogP contribution in [0.2, 0.25) is 5.02 Å². The van der Waals surface area contributed by atoms with Crippen molar-refractivity contribution in [3.8, 4) is 0 Å². The van der Waals surface area contributed by atoms with Crippen LogP contribution in [-0.4, -0.2) is 80.4 Å². The number of rotatable bonds is 13. The maximum Gasteiger partial charge on any atom is 0.153 e. The van der Waals surface area contributed by atoms with Gasteiger partial charge in [-0.15, -0.1) is 0 Å². The molecule has 6 rings (SSSR count). The highest BCUT2D eigenvalue weighted by atomic mass is 35.5. The lowest BCUT2D eigenvalue weighted by Gasteiger charge is -2.37. The topological polar surface area (TPSA) is 129 Å². The van der Waals surface area contributed by atoms with E-state index in [1.807, 2.05) is 17.0 Å². The number of anilines is 3. The molecule has 2 saturated heterocycles. The minimum atomic E-state index is -1.01. The van der Waals surface area contributed by atoms with Crippen molar-refractivity contribution in [1.29, 1.82) is 0 Å². The summed E-state index contributed by atoms with van der Waals surface area (Å²) in [7, 11) is 1.78. The van der Waals surface area contributed by atoms with E-state index in [-0.39, 0.29) is 29.9 Å². The summed E-state index contributed by atoms with van der Waals surface area (Å²) in [6.45, 7) is 7.72. The number of hydrazine groups is 1. The Hall–Kier alpha value is -4.65. The number of hydrogen-bond donors (Lipinski definition) is 2. The van der Waals surface area contributed by atoms with Crippen LogP contribution in [0.4, 0.5) is 25.8 Å². The highest BCUT2D eigenvalue weighted by Crippen LogP contribution is 2.49. The van der Waals surface area contributed by atoms with Gasteiger partial charge in [-0.2, -0.15) is 0 Å². The summed E-state index contributed by atoms with van der Waals surface area (Å²) in [6.07, 6.45) is 7.11. The minimum absolute atomic E-state index is 0.00873. The number of benzene rings is 3. The second kappa shape index (κ2) is 17.0. The van der Waals surface area contributed by atoms with Crippen LogP contribution in [0.25, 0.3) is 0 Å². The van der Waals surface area contributed by atoms with Crippen molar-refractivity contribution in [3.05, 3.63) is 99.3 Å². The molecule has 55 heavy (non-hydrogen) atoms. The van der Waals surface area contributed by atoms with Gasteiger partial charge in [-0.1, -0.05) is 29.8 Å². The first kappa shape index (κ1) is 40.0. The third kappa shape index (κ3) is 8.17. The van der Waals surface area contributed by atoms with Gasteiger partial charge in [0.2, 0.25) is 0 Å². The monoisotopic (exact) mass is 773 g/mol. The molecule has 2 fully saturated rings. The number of aldehydes is 3. The molecule has 3 aromatic rings. The van der Waals surface area contributed by atoms with Gasteiger partial charge in [-0.05, 0) is 106 Å². The Kier molecular flexibility index (Phi) is 12.4. The zero-order valence-electron chi connectivity index (χ0n) is 31.7. The zero-order chi connectivity index (χ0) is 39.4. The van der Waals surface area contributed by atoms with Crippen LogP contribution in [-0.2, 0) is 15.0 Å². The number of halogens is 3. The number of carbonyl (C=O) groups is 3. The summed E-state index contributed by atoms with van der Waals surface area (Å²) in [4.78, 5) is 45.4. The van der Waals surface area contributed by atoms with Crippen molar-refractivity contribution in [2.24, 2.45) is 16.6 Å². The lowest BCUT2D eigenvalue weighted by atomic mass is 9.83. The number of aliphatic imine (C=N–C) groups is 1. The molecule has 13 heteroatoms. The van der Waals surface area contributed by atoms with Crippen LogP contribution in [0.1, 0.15) is 91.3 Å². The Morgan fingerprint density at radius 1 is 1.00 bits per heavy atom. The average molecular weight is 774 g/mol. The van der Waals surface area contributed by atoms with Crippen molar-refractivity contribution in [3.63, 3.8) is 0 Å². The maximum atomic E-state index is 15.0. The Morgan fingerprint density at radius 2 is 1.69 bits per heavy atom. The zero-order valence-corrected chi connectivity index (χ0v) is 32.4. The van der Waals surface area contributed by atoms with Crippen molar-refractivity contribution >= 4 is 53.4 Å². The summed E-state index contributed by atoms with van der Waals surface area (Å²) >= 11 is 6.47. The SMILES string of the molecule is CN=C1N(c2cccc(Cl)c2C=O)c2cc(C3CCN(C/C(N)=C/N(N)C4CCN(c5cc(F)c(C(C=O)CCC=O)c(F)c5)CC4)CC3)ccc2C1(C)C. The Bertz CT molecular complexity index is 1950. The largest absolute Gasteiger partial charge is 0.400 e.